The van der Waals surface area contributed by atoms with E-state index in [0.29, 0.717) is 6.54 Å². The first-order valence-electron chi connectivity index (χ1n) is 6.42. The van der Waals surface area contributed by atoms with Gasteiger partial charge in [0.25, 0.3) is 0 Å². The maximum absolute atomic E-state index is 11.5. The van der Waals surface area contributed by atoms with Gasteiger partial charge in [-0.05, 0) is 31.6 Å². The number of carbonyl (C=O) groups excluding carboxylic acids is 1. The topological polar surface area (TPSA) is 41.6 Å². The van der Waals surface area contributed by atoms with Gasteiger partial charge < -0.3 is 9.64 Å². The van der Waals surface area contributed by atoms with E-state index in [9.17, 15) is 4.79 Å². The van der Waals surface area contributed by atoms with Crippen molar-refractivity contribution in [3.8, 4) is 0 Å². The predicted octanol–water partition coefficient (Wildman–Crippen LogP) is 0.971. The number of ether oxygens (including phenoxy) is 1. The van der Waals surface area contributed by atoms with Gasteiger partial charge in [-0.15, -0.1) is 0 Å². The fourth-order valence-corrected chi connectivity index (χ4v) is 2.11. The highest BCUT2D eigenvalue weighted by atomic mass is 16.5. The quantitative estimate of drug-likeness (QED) is 0.658. The first-order chi connectivity index (χ1) is 7.81. The van der Waals surface area contributed by atoms with Crippen LogP contribution in [0.1, 0.15) is 32.6 Å². The molecule has 2 fully saturated rings. The minimum atomic E-state index is 0.231. The number of amides is 1. The summed E-state index contributed by atoms with van der Waals surface area (Å²) in [6, 6.07) is 0. The van der Waals surface area contributed by atoms with Gasteiger partial charge >= 0.3 is 0 Å². The van der Waals surface area contributed by atoms with E-state index in [1.54, 1.807) is 0 Å². The van der Waals surface area contributed by atoms with Crippen LogP contribution in [-0.2, 0) is 9.53 Å². The maximum Gasteiger partial charge on any atom is 0.237 e. The lowest BCUT2D eigenvalue weighted by Crippen LogP contribution is -2.37. The van der Waals surface area contributed by atoms with Gasteiger partial charge in [0.1, 0.15) is 0 Å². The Morgan fingerprint density at radius 1 is 1.50 bits per heavy atom. The zero-order valence-electron chi connectivity index (χ0n) is 10.1. The van der Waals surface area contributed by atoms with E-state index in [2.05, 4.69) is 12.2 Å². The Balaban J connectivity index is 1.58. The molecule has 0 aromatic carbocycles. The van der Waals surface area contributed by atoms with Crippen molar-refractivity contribution in [2.45, 2.75) is 38.8 Å². The van der Waals surface area contributed by atoms with Crippen molar-refractivity contribution < 1.29 is 9.53 Å². The summed E-state index contributed by atoms with van der Waals surface area (Å²) in [5, 5.41) is 3.21. The molecule has 1 aliphatic carbocycles. The van der Waals surface area contributed by atoms with Crippen molar-refractivity contribution in [2.75, 3.05) is 26.3 Å². The van der Waals surface area contributed by atoms with E-state index in [4.69, 9.17) is 4.74 Å². The second-order valence-electron chi connectivity index (χ2n) is 4.76. The van der Waals surface area contributed by atoms with E-state index in [0.717, 1.165) is 38.5 Å². The molecule has 0 spiro atoms. The average molecular weight is 226 g/mol. The van der Waals surface area contributed by atoms with Gasteiger partial charge in [0.05, 0.1) is 12.7 Å². The lowest BCUT2D eigenvalue weighted by atomic mass is 10.3. The number of hydrogen-bond donors (Lipinski definition) is 1. The Hall–Kier alpha value is -0.610. The molecular weight excluding hydrogens is 204 g/mol. The number of carbonyl (C=O) groups is 1. The molecule has 0 bridgehead atoms. The standard InChI is InChI=1S/C12H22N2O2/c1-2-11-13-8-12(15)14(11)6-3-7-16-9-10-4-5-10/h10-11,13H,2-9H2,1H3. The Morgan fingerprint density at radius 3 is 3.00 bits per heavy atom. The lowest BCUT2D eigenvalue weighted by molar-refractivity contribution is -0.128. The third-order valence-corrected chi connectivity index (χ3v) is 3.31. The molecule has 1 saturated heterocycles. The first-order valence-corrected chi connectivity index (χ1v) is 6.42. The maximum atomic E-state index is 11.5. The van der Waals surface area contributed by atoms with Gasteiger partial charge in [-0.25, -0.2) is 0 Å². The van der Waals surface area contributed by atoms with Crippen LogP contribution < -0.4 is 5.32 Å². The Bertz CT molecular complexity index is 241. The molecule has 2 rings (SSSR count). The van der Waals surface area contributed by atoms with Crippen molar-refractivity contribution in [3.63, 3.8) is 0 Å². The van der Waals surface area contributed by atoms with Gasteiger partial charge in [-0.3, -0.25) is 10.1 Å². The van der Waals surface area contributed by atoms with Crippen LogP contribution in [-0.4, -0.2) is 43.3 Å². The third-order valence-electron chi connectivity index (χ3n) is 3.31. The van der Waals surface area contributed by atoms with Crippen LogP contribution in [0.3, 0.4) is 0 Å². The summed E-state index contributed by atoms with van der Waals surface area (Å²) in [5.41, 5.74) is 0. The van der Waals surface area contributed by atoms with E-state index in [1.807, 2.05) is 4.90 Å². The zero-order chi connectivity index (χ0) is 11.4. The smallest absolute Gasteiger partial charge is 0.237 e. The normalized spacial score (nSPS) is 25.4. The molecule has 4 nitrogen and oxygen atoms in total. The molecule has 1 N–H and O–H groups in total. The highest BCUT2D eigenvalue weighted by Gasteiger charge is 2.28. The van der Waals surface area contributed by atoms with Crippen molar-refractivity contribution in [1.29, 1.82) is 0 Å². The van der Waals surface area contributed by atoms with Crippen LogP contribution in [0.4, 0.5) is 0 Å². The van der Waals surface area contributed by atoms with Gasteiger partial charge in [0, 0.05) is 19.8 Å². The highest BCUT2D eigenvalue weighted by molar-refractivity contribution is 5.80. The molecule has 16 heavy (non-hydrogen) atoms. The first kappa shape index (κ1) is 11.9. The van der Waals surface area contributed by atoms with E-state index >= 15 is 0 Å². The van der Waals surface area contributed by atoms with Gasteiger partial charge in [-0.2, -0.15) is 0 Å². The number of hydrogen-bond acceptors (Lipinski definition) is 3. The zero-order valence-corrected chi connectivity index (χ0v) is 10.1. The molecule has 1 unspecified atom stereocenters. The molecule has 0 aromatic heterocycles. The lowest BCUT2D eigenvalue weighted by Gasteiger charge is -2.23. The summed E-state index contributed by atoms with van der Waals surface area (Å²) in [6.45, 7) is 5.14. The second-order valence-corrected chi connectivity index (χ2v) is 4.76. The van der Waals surface area contributed by atoms with E-state index in [1.165, 1.54) is 12.8 Å². The monoisotopic (exact) mass is 226 g/mol. The fraction of sp³-hybridized carbons (Fsp3) is 0.917. The van der Waals surface area contributed by atoms with Crippen LogP contribution in [0.15, 0.2) is 0 Å². The Labute approximate surface area is 97.3 Å². The number of rotatable bonds is 7. The molecule has 1 heterocycles. The molecule has 0 radical (unpaired) electrons. The Kier molecular flexibility index (Phi) is 4.18. The molecule has 1 amide bonds. The SMILES string of the molecule is CCC1NCC(=O)N1CCCOCC1CC1. The largest absolute Gasteiger partial charge is 0.381 e. The van der Waals surface area contributed by atoms with Crippen molar-refractivity contribution in [2.24, 2.45) is 5.92 Å². The van der Waals surface area contributed by atoms with Crippen molar-refractivity contribution in [1.82, 2.24) is 10.2 Å². The summed E-state index contributed by atoms with van der Waals surface area (Å²) >= 11 is 0. The van der Waals surface area contributed by atoms with Crippen molar-refractivity contribution >= 4 is 5.91 Å². The van der Waals surface area contributed by atoms with Gasteiger partial charge in [-0.1, -0.05) is 6.92 Å². The molecular formula is C12H22N2O2. The summed E-state index contributed by atoms with van der Waals surface area (Å²) in [6.07, 6.45) is 4.86. The third kappa shape index (κ3) is 3.19. The van der Waals surface area contributed by atoms with Gasteiger partial charge in [0.2, 0.25) is 5.91 Å². The average Bonchev–Trinajstić information content (AvgIpc) is 3.04. The number of nitrogens with one attached hydrogen (secondary N) is 1. The van der Waals surface area contributed by atoms with E-state index < -0.39 is 0 Å². The van der Waals surface area contributed by atoms with Crippen LogP contribution in [0.5, 0.6) is 0 Å². The van der Waals surface area contributed by atoms with Crippen LogP contribution >= 0.6 is 0 Å². The molecule has 1 aliphatic heterocycles. The summed E-state index contributed by atoms with van der Waals surface area (Å²) in [5.74, 6) is 1.06. The molecule has 0 aromatic rings. The molecule has 1 atom stereocenters. The number of nitrogens with zero attached hydrogens (tertiary/aromatic N) is 1. The minimum absolute atomic E-state index is 0.231. The molecule has 92 valence electrons. The van der Waals surface area contributed by atoms with Crippen LogP contribution in [0, 0.1) is 5.92 Å². The molecule has 4 heteroatoms. The van der Waals surface area contributed by atoms with E-state index in [-0.39, 0.29) is 12.1 Å². The molecule has 2 aliphatic rings. The second kappa shape index (κ2) is 5.64. The van der Waals surface area contributed by atoms with Crippen LogP contribution in [0.25, 0.3) is 0 Å². The van der Waals surface area contributed by atoms with Crippen LogP contribution in [0.2, 0.25) is 0 Å². The highest BCUT2D eigenvalue weighted by Crippen LogP contribution is 2.28. The summed E-state index contributed by atoms with van der Waals surface area (Å²) in [4.78, 5) is 13.5. The summed E-state index contributed by atoms with van der Waals surface area (Å²) < 4.78 is 5.56. The molecule has 1 saturated carbocycles. The summed E-state index contributed by atoms with van der Waals surface area (Å²) in [7, 11) is 0. The minimum Gasteiger partial charge on any atom is -0.381 e. The fourth-order valence-electron chi connectivity index (χ4n) is 2.11. The van der Waals surface area contributed by atoms with Gasteiger partial charge in [0.15, 0.2) is 0 Å². The predicted molar refractivity (Wildman–Crippen MR) is 62.0 cm³/mol. The Morgan fingerprint density at radius 2 is 2.31 bits per heavy atom. The van der Waals surface area contributed by atoms with Crippen molar-refractivity contribution in [3.05, 3.63) is 0 Å².